The van der Waals surface area contributed by atoms with Crippen molar-refractivity contribution in [2.75, 3.05) is 6.61 Å². The van der Waals surface area contributed by atoms with E-state index in [1.165, 1.54) is 0 Å². The minimum Gasteiger partial charge on any atom is -0.479 e. The molecule has 2 rings (SSSR count). The maximum absolute atomic E-state index is 13.1. The number of ether oxygens (including phenoxy) is 3. The second-order valence-electron chi connectivity index (χ2n) is 4.69. The molecule has 0 N–H and O–H groups in total. The van der Waals surface area contributed by atoms with Crippen LogP contribution in [0.15, 0.2) is 42.5 Å². The third-order valence-corrected chi connectivity index (χ3v) is 2.83. The Morgan fingerprint density at radius 3 is 2.13 bits per heavy atom. The normalized spacial score (nSPS) is 11.7. The van der Waals surface area contributed by atoms with Crippen molar-refractivity contribution >= 4 is 5.97 Å². The van der Waals surface area contributed by atoms with Gasteiger partial charge in [-0.25, -0.2) is 13.6 Å². The van der Waals surface area contributed by atoms with Crippen LogP contribution < -0.4 is 9.47 Å². The van der Waals surface area contributed by atoms with Gasteiger partial charge in [0, 0.05) is 18.2 Å². The van der Waals surface area contributed by atoms with Crippen LogP contribution >= 0.6 is 0 Å². The Morgan fingerprint density at radius 2 is 1.57 bits per heavy atom. The van der Waals surface area contributed by atoms with Gasteiger partial charge in [0.15, 0.2) is 6.10 Å². The van der Waals surface area contributed by atoms with E-state index in [1.807, 2.05) is 0 Å². The van der Waals surface area contributed by atoms with E-state index in [-0.39, 0.29) is 12.4 Å². The predicted molar refractivity (Wildman–Crippen MR) is 79.6 cm³/mol. The number of hydrogen-bond acceptors (Lipinski definition) is 4. The van der Waals surface area contributed by atoms with Crippen molar-refractivity contribution in [3.63, 3.8) is 0 Å². The highest BCUT2D eigenvalue weighted by atomic mass is 19.1. The van der Waals surface area contributed by atoms with Crippen molar-refractivity contribution in [2.24, 2.45) is 0 Å². The lowest BCUT2D eigenvalue weighted by Gasteiger charge is -2.13. The fraction of sp³-hybridized carbons (Fsp3) is 0.235. The van der Waals surface area contributed by atoms with Crippen LogP contribution in [0, 0.1) is 11.6 Å². The number of carbonyl (C=O) groups is 1. The summed E-state index contributed by atoms with van der Waals surface area (Å²) in [5, 5.41) is 0. The minimum absolute atomic E-state index is 0.0519. The molecule has 0 radical (unpaired) electrons. The Morgan fingerprint density at radius 1 is 1.00 bits per heavy atom. The second-order valence-corrected chi connectivity index (χ2v) is 4.69. The highest BCUT2D eigenvalue weighted by Crippen LogP contribution is 2.25. The number of rotatable bonds is 6. The Kier molecular flexibility index (Phi) is 5.51. The van der Waals surface area contributed by atoms with E-state index in [0.29, 0.717) is 11.5 Å². The summed E-state index contributed by atoms with van der Waals surface area (Å²) >= 11 is 0. The molecule has 0 saturated heterocycles. The van der Waals surface area contributed by atoms with Gasteiger partial charge in [0.05, 0.1) is 6.61 Å². The Balaban J connectivity index is 2.00. The third kappa shape index (κ3) is 4.95. The average molecular weight is 322 g/mol. The summed E-state index contributed by atoms with van der Waals surface area (Å²) in [7, 11) is 0. The molecular weight excluding hydrogens is 306 g/mol. The maximum atomic E-state index is 13.1. The summed E-state index contributed by atoms with van der Waals surface area (Å²) in [4.78, 5) is 11.5. The molecule has 6 heteroatoms. The molecule has 0 aliphatic heterocycles. The molecule has 0 bridgehead atoms. The van der Waals surface area contributed by atoms with E-state index < -0.39 is 23.7 Å². The second kappa shape index (κ2) is 7.58. The first-order chi connectivity index (χ1) is 11.0. The minimum atomic E-state index is -0.737. The molecule has 0 amide bonds. The lowest BCUT2D eigenvalue weighted by atomic mass is 10.3. The Labute approximate surface area is 132 Å². The summed E-state index contributed by atoms with van der Waals surface area (Å²) < 4.78 is 41.8. The van der Waals surface area contributed by atoms with E-state index in [0.717, 1.165) is 18.2 Å². The van der Waals surface area contributed by atoms with Gasteiger partial charge in [-0.05, 0) is 38.1 Å². The van der Waals surface area contributed by atoms with Gasteiger partial charge >= 0.3 is 5.97 Å². The first-order valence-corrected chi connectivity index (χ1v) is 7.05. The average Bonchev–Trinajstić information content (AvgIpc) is 2.48. The van der Waals surface area contributed by atoms with Crippen LogP contribution in [0.2, 0.25) is 0 Å². The molecule has 2 aromatic rings. The lowest BCUT2D eigenvalue weighted by Crippen LogP contribution is -2.25. The molecule has 1 unspecified atom stereocenters. The summed E-state index contributed by atoms with van der Waals surface area (Å²) in [6.07, 6.45) is -0.737. The van der Waals surface area contributed by atoms with Gasteiger partial charge in [-0.1, -0.05) is 0 Å². The molecule has 23 heavy (non-hydrogen) atoms. The number of hydrogen-bond donors (Lipinski definition) is 0. The van der Waals surface area contributed by atoms with Crippen LogP contribution in [0.4, 0.5) is 8.78 Å². The standard InChI is InChI=1S/C17H16F2O4/c1-3-21-17(20)11(2)22-14-4-6-15(7-5-14)23-16-9-12(18)8-13(19)10-16/h4-11H,3H2,1-2H3. The van der Waals surface area contributed by atoms with Crippen LogP contribution in [-0.4, -0.2) is 18.7 Å². The number of halogens is 2. The SMILES string of the molecule is CCOC(=O)C(C)Oc1ccc(Oc2cc(F)cc(F)c2)cc1. The van der Waals surface area contributed by atoms with Gasteiger partial charge in [-0.3, -0.25) is 0 Å². The molecule has 0 fully saturated rings. The molecule has 0 saturated carbocycles. The van der Waals surface area contributed by atoms with Gasteiger partial charge in [-0.15, -0.1) is 0 Å². The fourth-order valence-electron chi connectivity index (χ4n) is 1.82. The van der Waals surface area contributed by atoms with E-state index in [4.69, 9.17) is 14.2 Å². The van der Waals surface area contributed by atoms with Gasteiger partial charge in [-0.2, -0.15) is 0 Å². The monoisotopic (exact) mass is 322 g/mol. The van der Waals surface area contributed by atoms with Crippen LogP contribution in [0.5, 0.6) is 17.2 Å². The maximum Gasteiger partial charge on any atom is 0.347 e. The van der Waals surface area contributed by atoms with Crippen molar-refractivity contribution in [1.29, 1.82) is 0 Å². The van der Waals surface area contributed by atoms with Gasteiger partial charge in [0.25, 0.3) is 0 Å². The van der Waals surface area contributed by atoms with E-state index in [1.54, 1.807) is 38.1 Å². The quantitative estimate of drug-likeness (QED) is 0.752. The van der Waals surface area contributed by atoms with Gasteiger partial charge in [0.1, 0.15) is 28.9 Å². The van der Waals surface area contributed by atoms with Crippen LogP contribution in [-0.2, 0) is 9.53 Å². The summed E-state index contributed by atoms with van der Waals surface area (Å²) in [5.74, 6) is -1.01. The molecule has 0 heterocycles. The number of carbonyl (C=O) groups excluding carboxylic acids is 1. The molecule has 4 nitrogen and oxygen atoms in total. The summed E-state index contributed by atoms with van der Waals surface area (Å²) in [6.45, 7) is 3.58. The zero-order chi connectivity index (χ0) is 16.8. The Hall–Kier alpha value is -2.63. The van der Waals surface area contributed by atoms with E-state index in [2.05, 4.69) is 0 Å². The smallest absolute Gasteiger partial charge is 0.347 e. The van der Waals surface area contributed by atoms with Gasteiger partial charge < -0.3 is 14.2 Å². The third-order valence-electron chi connectivity index (χ3n) is 2.83. The highest BCUT2D eigenvalue weighted by Gasteiger charge is 2.15. The van der Waals surface area contributed by atoms with E-state index >= 15 is 0 Å². The molecular formula is C17H16F2O4. The van der Waals surface area contributed by atoms with Crippen molar-refractivity contribution < 1.29 is 27.8 Å². The molecule has 0 aromatic heterocycles. The summed E-state index contributed by atoms with van der Waals surface area (Å²) in [6, 6.07) is 9.22. The lowest BCUT2D eigenvalue weighted by molar-refractivity contribution is -0.150. The van der Waals surface area contributed by atoms with Crippen molar-refractivity contribution in [3.8, 4) is 17.2 Å². The molecule has 0 spiro atoms. The Bertz CT molecular complexity index is 651. The zero-order valence-corrected chi connectivity index (χ0v) is 12.7. The van der Waals surface area contributed by atoms with E-state index in [9.17, 15) is 13.6 Å². The van der Waals surface area contributed by atoms with Crippen LogP contribution in [0.1, 0.15) is 13.8 Å². The van der Waals surface area contributed by atoms with Crippen molar-refractivity contribution in [1.82, 2.24) is 0 Å². The highest BCUT2D eigenvalue weighted by molar-refractivity contribution is 5.74. The molecule has 0 aliphatic rings. The van der Waals surface area contributed by atoms with Crippen molar-refractivity contribution in [3.05, 3.63) is 54.1 Å². The zero-order valence-electron chi connectivity index (χ0n) is 12.7. The number of benzene rings is 2. The molecule has 1 atom stereocenters. The first kappa shape index (κ1) is 16.7. The van der Waals surface area contributed by atoms with Crippen molar-refractivity contribution in [2.45, 2.75) is 20.0 Å². The van der Waals surface area contributed by atoms with Crippen LogP contribution in [0.25, 0.3) is 0 Å². The topological polar surface area (TPSA) is 44.8 Å². The number of esters is 1. The van der Waals surface area contributed by atoms with Crippen LogP contribution in [0.3, 0.4) is 0 Å². The summed E-state index contributed by atoms with van der Waals surface area (Å²) in [5.41, 5.74) is 0. The molecule has 2 aromatic carbocycles. The molecule has 122 valence electrons. The first-order valence-electron chi connectivity index (χ1n) is 7.05. The van der Waals surface area contributed by atoms with Gasteiger partial charge in [0.2, 0.25) is 0 Å². The molecule has 0 aliphatic carbocycles. The fourth-order valence-corrected chi connectivity index (χ4v) is 1.82. The predicted octanol–water partition coefficient (Wildman–Crippen LogP) is 4.09. The largest absolute Gasteiger partial charge is 0.479 e.